The van der Waals surface area contributed by atoms with E-state index in [9.17, 15) is 14.4 Å². The van der Waals surface area contributed by atoms with Gasteiger partial charge in [0.15, 0.2) is 10.9 Å². The highest BCUT2D eigenvalue weighted by Gasteiger charge is 2.15. The first-order chi connectivity index (χ1) is 14.9. The van der Waals surface area contributed by atoms with E-state index >= 15 is 0 Å². The molecule has 0 unspecified atom stereocenters. The van der Waals surface area contributed by atoms with Crippen molar-refractivity contribution in [3.63, 3.8) is 0 Å². The van der Waals surface area contributed by atoms with Crippen LogP contribution in [0.3, 0.4) is 0 Å². The minimum Gasteiger partial charge on any atom is -0.467 e. The number of amides is 2. The fourth-order valence-corrected chi connectivity index (χ4v) is 3.70. The van der Waals surface area contributed by atoms with Crippen molar-refractivity contribution in [2.24, 2.45) is 5.73 Å². The lowest BCUT2D eigenvalue weighted by atomic mass is 10.1. The molecule has 10 heteroatoms. The van der Waals surface area contributed by atoms with Crippen molar-refractivity contribution >= 4 is 35.0 Å². The second kappa shape index (κ2) is 10.6. The number of aromatic nitrogens is 3. The van der Waals surface area contributed by atoms with Gasteiger partial charge in [0, 0.05) is 36.3 Å². The molecule has 0 spiro atoms. The summed E-state index contributed by atoms with van der Waals surface area (Å²) in [6.45, 7) is 1.92. The number of primary amides is 1. The number of nitrogens with two attached hydrogens (primary N) is 1. The normalized spacial score (nSPS) is 10.7. The molecule has 1 aromatic carbocycles. The molecule has 0 saturated heterocycles. The third-order valence-corrected chi connectivity index (χ3v) is 5.39. The zero-order chi connectivity index (χ0) is 22.2. The number of nitrogens with zero attached hydrogens (tertiary/aromatic N) is 3. The molecule has 2 heterocycles. The standard InChI is InChI=1S/C21H23N5O4S/c1-14(27)15-4-6-16(7-5-15)23-20(29)10-12-31-21-25-24-19(9-8-18(22)28)26(21)13-17-3-2-11-30-17/h2-7,11H,8-10,12-13H2,1H3,(H2,22,28)(H,23,29). The molecule has 2 amide bonds. The molecule has 2 aromatic heterocycles. The Kier molecular flexibility index (Phi) is 7.60. The second-order valence-corrected chi connectivity index (χ2v) is 7.87. The number of carbonyl (C=O) groups is 3. The second-order valence-electron chi connectivity index (χ2n) is 6.81. The molecule has 0 aliphatic heterocycles. The van der Waals surface area contributed by atoms with E-state index in [1.165, 1.54) is 18.7 Å². The van der Waals surface area contributed by atoms with Crippen LogP contribution in [0.15, 0.2) is 52.2 Å². The number of carbonyl (C=O) groups excluding carboxylic acids is 3. The van der Waals surface area contributed by atoms with Gasteiger partial charge in [0.25, 0.3) is 0 Å². The van der Waals surface area contributed by atoms with Gasteiger partial charge in [-0.2, -0.15) is 0 Å². The molecular formula is C21H23N5O4S. The van der Waals surface area contributed by atoms with E-state index in [2.05, 4.69) is 15.5 Å². The van der Waals surface area contributed by atoms with Crippen molar-refractivity contribution in [1.29, 1.82) is 0 Å². The van der Waals surface area contributed by atoms with Crippen LogP contribution in [0, 0.1) is 0 Å². The molecule has 0 saturated carbocycles. The first-order valence-corrected chi connectivity index (χ1v) is 10.7. The smallest absolute Gasteiger partial charge is 0.225 e. The minimum atomic E-state index is -0.408. The first kappa shape index (κ1) is 22.3. The van der Waals surface area contributed by atoms with Crippen LogP contribution in [0.5, 0.6) is 0 Å². The topological polar surface area (TPSA) is 133 Å². The summed E-state index contributed by atoms with van der Waals surface area (Å²) in [7, 11) is 0. The quantitative estimate of drug-likeness (QED) is 0.345. The molecule has 0 radical (unpaired) electrons. The Balaban J connectivity index is 1.57. The van der Waals surface area contributed by atoms with Crippen molar-refractivity contribution in [3.05, 3.63) is 59.8 Å². The van der Waals surface area contributed by atoms with Gasteiger partial charge in [-0.25, -0.2) is 0 Å². The third kappa shape index (κ3) is 6.54. The van der Waals surface area contributed by atoms with Gasteiger partial charge >= 0.3 is 0 Å². The van der Waals surface area contributed by atoms with Crippen LogP contribution >= 0.6 is 11.8 Å². The van der Waals surface area contributed by atoms with Gasteiger partial charge < -0.3 is 15.5 Å². The van der Waals surface area contributed by atoms with E-state index in [4.69, 9.17) is 10.2 Å². The average molecular weight is 442 g/mol. The molecule has 0 aliphatic rings. The predicted octanol–water partition coefficient (Wildman–Crippen LogP) is 2.66. The summed E-state index contributed by atoms with van der Waals surface area (Å²) in [5.74, 6) is 1.28. The number of aryl methyl sites for hydroxylation is 1. The molecule has 31 heavy (non-hydrogen) atoms. The van der Waals surface area contributed by atoms with Gasteiger partial charge in [-0.15, -0.1) is 10.2 Å². The van der Waals surface area contributed by atoms with Crippen LogP contribution in [0.2, 0.25) is 0 Å². The van der Waals surface area contributed by atoms with E-state index in [1.54, 1.807) is 36.6 Å². The summed E-state index contributed by atoms with van der Waals surface area (Å²) in [4.78, 5) is 34.7. The largest absolute Gasteiger partial charge is 0.467 e. The monoisotopic (exact) mass is 441 g/mol. The highest BCUT2D eigenvalue weighted by Crippen LogP contribution is 2.21. The molecule has 0 aliphatic carbocycles. The van der Waals surface area contributed by atoms with E-state index < -0.39 is 5.91 Å². The molecule has 3 N–H and O–H groups in total. The number of furan rings is 1. The van der Waals surface area contributed by atoms with Crippen LogP contribution in [0.25, 0.3) is 0 Å². The molecule has 9 nitrogen and oxygen atoms in total. The number of ketones is 1. The molecule has 0 fully saturated rings. The number of hydrogen-bond acceptors (Lipinski definition) is 7. The summed E-state index contributed by atoms with van der Waals surface area (Å²) in [6, 6.07) is 10.4. The number of nitrogens with one attached hydrogen (secondary N) is 1. The SMILES string of the molecule is CC(=O)c1ccc(NC(=O)CCSc2nnc(CCC(N)=O)n2Cc2ccco2)cc1. The molecule has 0 atom stereocenters. The van der Waals surface area contributed by atoms with E-state index in [0.717, 1.165) is 5.76 Å². The molecule has 3 rings (SSSR count). The molecule has 162 valence electrons. The van der Waals surface area contributed by atoms with Gasteiger partial charge in [-0.1, -0.05) is 11.8 Å². The van der Waals surface area contributed by atoms with Crippen molar-refractivity contribution in [2.45, 2.75) is 37.9 Å². The predicted molar refractivity (Wildman–Crippen MR) is 116 cm³/mol. The Morgan fingerprint density at radius 3 is 2.55 bits per heavy atom. The molecular weight excluding hydrogens is 418 g/mol. The Labute approximate surface area is 183 Å². The van der Waals surface area contributed by atoms with Crippen molar-refractivity contribution in [2.75, 3.05) is 11.1 Å². The number of benzene rings is 1. The number of hydrogen-bond donors (Lipinski definition) is 2. The van der Waals surface area contributed by atoms with Crippen LogP contribution in [-0.2, 0) is 22.6 Å². The van der Waals surface area contributed by atoms with Gasteiger partial charge in [-0.05, 0) is 43.3 Å². The lowest BCUT2D eigenvalue weighted by molar-refractivity contribution is -0.118. The maximum Gasteiger partial charge on any atom is 0.225 e. The Morgan fingerprint density at radius 1 is 1.13 bits per heavy atom. The van der Waals surface area contributed by atoms with Crippen LogP contribution < -0.4 is 11.1 Å². The lowest BCUT2D eigenvalue weighted by Gasteiger charge is -2.09. The first-order valence-electron chi connectivity index (χ1n) is 9.69. The number of thioether (sulfide) groups is 1. The van der Waals surface area contributed by atoms with Gasteiger partial charge in [0.05, 0.1) is 12.8 Å². The number of rotatable bonds is 11. The summed E-state index contributed by atoms with van der Waals surface area (Å²) < 4.78 is 7.28. The Bertz CT molecular complexity index is 1040. The van der Waals surface area contributed by atoms with Gasteiger partial charge in [0.2, 0.25) is 11.8 Å². The zero-order valence-electron chi connectivity index (χ0n) is 17.0. The van der Waals surface area contributed by atoms with E-state index in [-0.39, 0.29) is 24.5 Å². The number of Topliss-reactive ketones (excluding diaryl/α,β-unsaturated/α-hetero) is 1. The minimum absolute atomic E-state index is 0.0249. The van der Waals surface area contributed by atoms with Crippen molar-refractivity contribution in [1.82, 2.24) is 14.8 Å². The Morgan fingerprint density at radius 2 is 1.90 bits per heavy atom. The van der Waals surface area contributed by atoms with Crippen LogP contribution in [0.4, 0.5) is 5.69 Å². The molecule has 3 aromatic rings. The summed E-state index contributed by atoms with van der Waals surface area (Å²) in [6.07, 6.45) is 2.40. The van der Waals surface area contributed by atoms with E-state index in [1.807, 2.05) is 10.6 Å². The maximum atomic E-state index is 12.2. The summed E-state index contributed by atoms with van der Waals surface area (Å²) >= 11 is 1.40. The molecule has 0 bridgehead atoms. The van der Waals surface area contributed by atoms with Gasteiger partial charge in [0.1, 0.15) is 11.6 Å². The van der Waals surface area contributed by atoms with E-state index in [0.29, 0.717) is 41.0 Å². The fraction of sp³-hybridized carbons (Fsp3) is 0.286. The van der Waals surface area contributed by atoms with Crippen molar-refractivity contribution in [3.8, 4) is 0 Å². The summed E-state index contributed by atoms with van der Waals surface area (Å²) in [5, 5.41) is 11.8. The maximum absolute atomic E-state index is 12.2. The lowest BCUT2D eigenvalue weighted by Crippen LogP contribution is -2.14. The van der Waals surface area contributed by atoms with Crippen LogP contribution in [0.1, 0.15) is 41.7 Å². The zero-order valence-corrected chi connectivity index (χ0v) is 17.9. The highest BCUT2D eigenvalue weighted by atomic mass is 32.2. The highest BCUT2D eigenvalue weighted by molar-refractivity contribution is 7.99. The number of anilines is 1. The summed E-state index contributed by atoms with van der Waals surface area (Å²) in [5.41, 5.74) is 6.48. The van der Waals surface area contributed by atoms with Crippen LogP contribution in [-0.4, -0.2) is 38.1 Å². The Hall–Kier alpha value is -3.40. The van der Waals surface area contributed by atoms with Crippen molar-refractivity contribution < 1.29 is 18.8 Å². The average Bonchev–Trinajstić information content (AvgIpc) is 3.38. The third-order valence-electron chi connectivity index (χ3n) is 4.42. The fourth-order valence-electron chi connectivity index (χ4n) is 2.81. The van der Waals surface area contributed by atoms with Gasteiger partial charge in [-0.3, -0.25) is 19.0 Å².